The van der Waals surface area contributed by atoms with Crippen molar-refractivity contribution in [2.45, 2.75) is 57.4 Å². The zero-order chi connectivity index (χ0) is 23.2. The third-order valence-electron chi connectivity index (χ3n) is 5.24. The first kappa shape index (κ1) is 24.2. The zero-order valence-electron chi connectivity index (χ0n) is 18.9. The molecule has 1 heterocycles. The fourth-order valence-electron chi connectivity index (χ4n) is 3.69. The van der Waals surface area contributed by atoms with Gasteiger partial charge in [-0.2, -0.15) is 0 Å². The van der Waals surface area contributed by atoms with Crippen LogP contribution >= 0.6 is 0 Å². The van der Waals surface area contributed by atoms with Crippen molar-refractivity contribution in [3.8, 4) is 0 Å². The van der Waals surface area contributed by atoms with Gasteiger partial charge in [0.05, 0.1) is 32.9 Å². The van der Waals surface area contributed by atoms with Gasteiger partial charge in [-0.1, -0.05) is 60.7 Å². The average molecular weight is 444 g/mol. The molecule has 0 saturated carbocycles. The highest BCUT2D eigenvalue weighted by molar-refractivity contribution is 5.68. The number of aliphatic hydroxyl groups is 2. The monoisotopic (exact) mass is 443 g/mol. The highest BCUT2D eigenvalue weighted by Gasteiger charge is 2.50. The number of benzene rings is 2. The lowest BCUT2D eigenvalue weighted by molar-refractivity contribution is -0.219. The molecule has 7 nitrogen and oxygen atoms in total. The van der Waals surface area contributed by atoms with Gasteiger partial charge in [-0.05, 0) is 31.9 Å². The second kappa shape index (κ2) is 10.4. The molecule has 0 aliphatic carbocycles. The van der Waals surface area contributed by atoms with Crippen LogP contribution in [0.5, 0.6) is 0 Å². The number of hydrogen-bond acceptors (Lipinski definition) is 6. The first-order valence-corrected chi connectivity index (χ1v) is 10.8. The highest BCUT2D eigenvalue weighted by Crippen LogP contribution is 2.29. The Balaban J connectivity index is 1.80. The summed E-state index contributed by atoms with van der Waals surface area (Å²) < 4.78 is 17.7. The van der Waals surface area contributed by atoms with Gasteiger partial charge in [-0.25, -0.2) is 4.79 Å². The largest absolute Gasteiger partial charge is 0.444 e. The third-order valence-corrected chi connectivity index (χ3v) is 5.24. The molecule has 174 valence electrons. The van der Waals surface area contributed by atoms with Crippen LogP contribution in [-0.4, -0.2) is 64.3 Å². The van der Waals surface area contributed by atoms with Gasteiger partial charge in [0.2, 0.25) is 0 Å². The number of carbonyl (C=O) groups excluding carboxylic acids is 1. The number of rotatable bonds is 7. The minimum Gasteiger partial charge on any atom is -0.444 e. The molecule has 1 aliphatic heterocycles. The number of piperidine rings is 1. The first-order valence-electron chi connectivity index (χ1n) is 10.8. The molecule has 0 aromatic heterocycles. The summed E-state index contributed by atoms with van der Waals surface area (Å²) in [5, 5.41) is 21.4. The van der Waals surface area contributed by atoms with E-state index in [4.69, 9.17) is 14.2 Å². The molecule has 1 fully saturated rings. The maximum absolute atomic E-state index is 12.7. The Kier molecular flexibility index (Phi) is 7.90. The topological polar surface area (TPSA) is 88.5 Å². The molecule has 1 aliphatic rings. The molecule has 32 heavy (non-hydrogen) atoms. The Bertz CT molecular complexity index is 854. The predicted octanol–water partition coefficient (Wildman–Crippen LogP) is 3.13. The number of β-amino-alcohol motifs (C(OH)–C–C–N with tert-alkyl or cyclic N) is 1. The zero-order valence-corrected chi connectivity index (χ0v) is 18.9. The summed E-state index contributed by atoms with van der Waals surface area (Å²) in [4.78, 5) is 14.1. The van der Waals surface area contributed by atoms with Crippen molar-refractivity contribution in [2.75, 3.05) is 19.7 Å². The fourth-order valence-corrected chi connectivity index (χ4v) is 3.69. The second-order valence-corrected chi connectivity index (χ2v) is 9.17. The van der Waals surface area contributed by atoms with Crippen LogP contribution < -0.4 is 0 Å². The Morgan fingerprint density at radius 3 is 2.03 bits per heavy atom. The van der Waals surface area contributed by atoms with Gasteiger partial charge in [0.15, 0.2) is 0 Å². The van der Waals surface area contributed by atoms with Crippen LogP contribution in [0.25, 0.3) is 0 Å². The number of aliphatic hydroxyl groups excluding tert-OH is 1. The molecule has 0 spiro atoms. The van der Waals surface area contributed by atoms with Crippen LogP contribution in [0.1, 0.15) is 31.9 Å². The van der Waals surface area contributed by atoms with Gasteiger partial charge < -0.3 is 29.3 Å². The standard InChI is InChI=1S/C25H33NO6/c1-24(2,3)32-23(28)26-14-21(30-15-19-10-6-4-7-11-19)22(25(29,17-26)18-27)31-16-20-12-8-5-9-13-20/h4-13,21-22,27,29H,14-18H2,1-3H3/t21-,22+,25+/m1/s1. The van der Waals surface area contributed by atoms with E-state index < -0.39 is 36.1 Å². The van der Waals surface area contributed by atoms with Gasteiger partial charge in [0.25, 0.3) is 0 Å². The van der Waals surface area contributed by atoms with Crippen LogP contribution in [0.3, 0.4) is 0 Å². The van der Waals surface area contributed by atoms with E-state index in [1.54, 1.807) is 20.8 Å². The molecule has 0 bridgehead atoms. The Morgan fingerprint density at radius 1 is 1.00 bits per heavy atom. The molecule has 0 unspecified atom stereocenters. The van der Waals surface area contributed by atoms with E-state index in [0.29, 0.717) is 0 Å². The van der Waals surface area contributed by atoms with E-state index >= 15 is 0 Å². The molecule has 7 heteroatoms. The van der Waals surface area contributed by atoms with Crippen LogP contribution in [-0.2, 0) is 27.4 Å². The van der Waals surface area contributed by atoms with E-state index in [1.165, 1.54) is 4.90 Å². The van der Waals surface area contributed by atoms with Crippen molar-refractivity contribution in [1.29, 1.82) is 0 Å². The summed E-state index contributed by atoms with van der Waals surface area (Å²) in [5.74, 6) is 0. The van der Waals surface area contributed by atoms with Gasteiger partial charge in [0, 0.05) is 0 Å². The molecule has 3 rings (SSSR count). The van der Waals surface area contributed by atoms with Crippen molar-refractivity contribution < 1.29 is 29.2 Å². The maximum atomic E-state index is 12.7. The van der Waals surface area contributed by atoms with Gasteiger partial charge >= 0.3 is 6.09 Å². The van der Waals surface area contributed by atoms with Crippen LogP contribution in [0.4, 0.5) is 4.79 Å². The normalized spacial score (nSPS) is 23.7. The summed E-state index contributed by atoms with van der Waals surface area (Å²) in [6.45, 7) is 5.32. The molecular weight excluding hydrogens is 410 g/mol. The molecule has 1 saturated heterocycles. The van der Waals surface area contributed by atoms with Crippen LogP contribution in [0.2, 0.25) is 0 Å². The number of amides is 1. The van der Waals surface area contributed by atoms with Gasteiger partial charge in [-0.3, -0.25) is 0 Å². The van der Waals surface area contributed by atoms with Crippen molar-refractivity contribution >= 4 is 6.09 Å². The van der Waals surface area contributed by atoms with Crippen molar-refractivity contribution in [3.05, 3.63) is 71.8 Å². The SMILES string of the molecule is CC(C)(C)OC(=O)N1C[C@@H](OCc2ccccc2)[C@H](OCc2ccccc2)[C@@](O)(CO)C1. The number of nitrogens with zero attached hydrogens (tertiary/aromatic N) is 1. The summed E-state index contributed by atoms with van der Waals surface area (Å²) in [6, 6.07) is 19.2. The van der Waals surface area contributed by atoms with Crippen LogP contribution in [0.15, 0.2) is 60.7 Å². The number of hydrogen-bond donors (Lipinski definition) is 2. The molecular formula is C25H33NO6. The van der Waals surface area contributed by atoms with E-state index in [1.807, 2.05) is 60.7 Å². The molecule has 1 amide bonds. The average Bonchev–Trinajstić information content (AvgIpc) is 2.77. The van der Waals surface area contributed by atoms with Crippen molar-refractivity contribution in [1.82, 2.24) is 4.90 Å². The summed E-state index contributed by atoms with van der Waals surface area (Å²) >= 11 is 0. The smallest absolute Gasteiger partial charge is 0.410 e. The summed E-state index contributed by atoms with van der Waals surface area (Å²) in [6.07, 6.45) is -2.08. The number of likely N-dealkylation sites (tertiary alicyclic amines) is 1. The number of carbonyl (C=O) groups is 1. The van der Waals surface area contributed by atoms with Gasteiger partial charge in [0.1, 0.15) is 23.4 Å². The number of ether oxygens (including phenoxy) is 3. The van der Waals surface area contributed by atoms with E-state index in [9.17, 15) is 15.0 Å². The lowest BCUT2D eigenvalue weighted by Crippen LogP contribution is -2.67. The fraction of sp³-hybridized carbons (Fsp3) is 0.480. The van der Waals surface area contributed by atoms with Crippen molar-refractivity contribution in [3.63, 3.8) is 0 Å². The molecule has 2 aromatic rings. The maximum Gasteiger partial charge on any atom is 0.410 e. The minimum absolute atomic E-state index is 0.122. The lowest BCUT2D eigenvalue weighted by Gasteiger charge is -2.47. The first-order chi connectivity index (χ1) is 15.2. The summed E-state index contributed by atoms with van der Waals surface area (Å²) in [5.41, 5.74) is -0.499. The molecule has 0 radical (unpaired) electrons. The van der Waals surface area contributed by atoms with Gasteiger partial charge in [-0.15, -0.1) is 0 Å². The Labute approximate surface area is 189 Å². The predicted molar refractivity (Wildman–Crippen MR) is 120 cm³/mol. The Morgan fingerprint density at radius 2 is 1.53 bits per heavy atom. The van der Waals surface area contributed by atoms with Crippen molar-refractivity contribution in [2.24, 2.45) is 0 Å². The molecule has 3 atom stereocenters. The molecule has 2 aromatic carbocycles. The molecule has 2 N–H and O–H groups in total. The van der Waals surface area contributed by atoms with E-state index in [0.717, 1.165) is 11.1 Å². The summed E-state index contributed by atoms with van der Waals surface area (Å²) in [7, 11) is 0. The van der Waals surface area contributed by atoms with E-state index in [-0.39, 0.29) is 26.3 Å². The third kappa shape index (κ3) is 6.53. The second-order valence-electron chi connectivity index (χ2n) is 9.17. The van der Waals surface area contributed by atoms with E-state index in [2.05, 4.69) is 0 Å². The quantitative estimate of drug-likeness (QED) is 0.684. The Hall–Kier alpha value is -2.45. The minimum atomic E-state index is -1.70. The lowest BCUT2D eigenvalue weighted by atomic mass is 9.88. The van der Waals surface area contributed by atoms with Crippen LogP contribution in [0, 0.1) is 0 Å². The highest BCUT2D eigenvalue weighted by atomic mass is 16.6.